The SMILES string of the molecule is O=C(COc1ncnc2sc3c(c12)CCCCC3)Nc1ccc(F)cc1Cl. The van der Waals surface area contributed by atoms with E-state index in [1.807, 2.05) is 0 Å². The van der Waals surface area contributed by atoms with E-state index in [0.29, 0.717) is 11.6 Å². The fourth-order valence-electron chi connectivity index (χ4n) is 3.26. The number of carbonyl (C=O) groups is 1. The summed E-state index contributed by atoms with van der Waals surface area (Å²) in [7, 11) is 0. The van der Waals surface area contributed by atoms with Crippen molar-refractivity contribution in [1.29, 1.82) is 0 Å². The van der Waals surface area contributed by atoms with Crippen molar-refractivity contribution in [3.63, 3.8) is 0 Å². The summed E-state index contributed by atoms with van der Waals surface area (Å²) in [6.07, 6.45) is 7.03. The van der Waals surface area contributed by atoms with Gasteiger partial charge in [0.2, 0.25) is 5.88 Å². The molecule has 0 bridgehead atoms. The van der Waals surface area contributed by atoms with Gasteiger partial charge in [0, 0.05) is 4.88 Å². The molecule has 1 N–H and O–H groups in total. The van der Waals surface area contributed by atoms with Crippen LogP contribution in [0, 0.1) is 5.82 Å². The Kier molecular flexibility index (Phi) is 5.22. The molecule has 140 valence electrons. The topological polar surface area (TPSA) is 64.1 Å². The highest BCUT2D eigenvalue weighted by molar-refractivity contribution is 7.18. The van der Waals surface area contributed by atoms with Crippen LogP contribution in [-0.2, 0) is 17.6 Å². The van der Waals surface area contributed by atoms with Gasteiger partial charge in [-0.05, 0) is 49.4 Å². The average Bonchev–Trinajstić information content (AvgIpc) is 2.84. The standard InChI is InChI=1S/C19H17ClFN3O2S/c20-13-8-11(21)6-7-14(13)24-16(25)9-26-18-17-12-4-2-1-3-5-15(12)27-19(17)23-10-22-18/h6-8,10H,1-5,9H2,(H,24,25). The number of rotatable bonds is 4. The van der Waals surface area contributed by atoms with E-state index in [0.717, 1.165) is 35.5 Å². The molecule has 1 aliphatic rings. The maximum atomic E-state index is 13.1. The lowest BCUT2D eigenvalue weighted by atomic mass is 10.1. The van der Waals surface area contributed by atoms with Gasteiger partial charge in [-0.2, -0.15) is 0 Å². The first-order valence-corrected chi connectivity index (χ1v) is 9.94. The second-order valence-corrected chi connectivity index (χ2v) is 7.88. The number of hydrogen-bond donors (Lipinski definition) is 1. The van der Waals surface area contributed by atoms with Gasteiger partial charge in [0.15, 0.2) is 6.61 Å². The lowest BCUT2D eigenvalue weighted by Crippen LogP contribution is -2.20. The maximum Gasteiger partial charge on any atom is 0.262 e. The zero-order chi connectivity index (χ0) is 18.8. The summed E-state index contributed by atoms with van der Waals surface area (Å²) in [5, 5.41) is 3.68. The summed E-state index contributed by atoms with van der Waals surface area (Å²) in [6, 6.07) is 3.79. The highest BCUT2D eigenvalue weighted by Gasteiger charge is 2.20. The number of ether oxygens (including phenoxy) is 1. The van der Waals surface area contributed by atoms with Crippen molar-refractivity contribution in [2.24, 2.45) is 0 Å². The smallest absolute Gasteiger partial charge is 0.262 e. The molecule has 8 heteroatoms. The molecule has 0 aliphatic heterocycles. The largest absolute Gasteiger partial charge is 0.467 e. The van der Waals surface area contributed by atoms with Crippen molar-refractivity contribution in [1.82, 2.24) is 9.97 Å². The number of halogens is 2. The third-order valence-corrected chi connectivity index (χ3v) is 6.02. The molecule has 3 aromatic rings. The predicted octanol–water partition coefficient (Wildman–Crippen LogP) is 4.77. The fourth-order valence-corrected chi connectivity index (χ4v) is 4.69. The number of hydrogen-bond acceptors (Lipinski definition) is 5. The Morgan fingerprint density at radius 2 is 2.11 bits per heavy atom. The molecule has 0 saturated carbocycles. The quantitative estimate of drug-likeness (QED) is 0.635. The van der Waals surface area contributed by atoms with E-state index in [1.165, 1.54) is 41.7 Å². The Labute approximate surface area is 164 Å². The van der Waals surface area contributed by atoms with Gasteiger partial charge in [-0.25, -0.2) is 14.4 Å². The number of nitrogens with zero attached hydrogens (tertiary/aromatic N) is 2. The molecule has 0 fully saturated rings. The maximum absolute atomic E-state index is 13.1. The van der Waals surface area contributed by atoms with E-state index in [2.05, 4.69) is 15.3 Å². The van der Waals surface area contributed by atoms with Crippen LogP contribution >= 0.6 is 22.9 Å². The van der Waals surface area contributed by atoms with Gasteiger partial charge < -0.3 is 10.1 Å². The van der Waals surface area contributed by atoms with Gasteiger partial charge in [-0.3, -0.25) is 4.79 Å². The van der Waals surface area contributed by atoms with E-state index in [4.69, 9.17) is 16.3 Å². The number of anilines is 1. The van der Waals surface area contributed by atoms with Crippen LogP contribution in [0.25, 0.3) is 10.2 Å². The zero-order valence-corrected chi connectivity index (χ0v) is 16.0. The van der Waals surface area contributed by atoms with Gasteiger partial charge in [0.05, 0.1) is 16.1 Å². The Morgan fingerprint density at radius 3 is 2.96 bits per heavy atom. The minimum Gasteiger partial charge on any atom is -0.467 e. The van der Waals surface area contributed by atoms with Gasteiger partial charge in [0.25, 0.3) is 5.91 Å². The second-order valence-electron chi connectivity index (χ2n) is 6.38. The summed E-state index contributed by atoms with van der Waals surface area (Å²) in [5.41, 5.74) is 1.59. The molecule has 4 rings (SSSR count). The zero-order valence-electron chi connectivity index (χ0n) is 14.4. The molecule has 2 aromatic heterocycles. The number of amides is 1. The number of aryl methyl sites for hydroxylation is 2. The Morgan fingerprint density at radius 1 is 1.26 bits per heavy atom. The normalized spacial score (nSPS) is 13.9. The Bertz CT molecular complexity index is 1010. The Balaban J connectivity index is 1.52. The van der Waals surface area contributed by atoms with Crippen LogP contribution in [0.15, 0.2) is 24.5 Å². The number of carbonyl (C=O) groups excluding carboxylic acids is 1. The van der Waals surface area contributed by atoms with E-state index in [-0.39, 0.29) is 11.6 Å². The van der Waals surface area contributed by atoms with Crippen LogP contribution in [0.5, 0.6) is 5.88 Å². The molecule has 2 heterocycles. The minimum absolute atomic E-state index is 0.135. The lowest BCUT2D eigenvalue weighted by molar-refractivity contribution is -0.118. The first-order chi connectivity index (χ1) is 13.1. The summed E-state index contributed by atoms with van der Waals surface area (Å²) in [6.45, 7) is -0.218. The van der Waals surface area contributed by atoms with Gasteiger partial charge in [-0.15, -0.1) is 11.3 Å². The average molecular weight is 406 g/mol. The fraction of sp³-hybridized carbons (Fsp3) is 0.316. The van der Waals surface area contributed by atoms with Crippen molar-refractivity contribution in [3.05, 3.63) is 45.8 Å². The summed E-state index contributed by atoms with van der Waals surface area (Å²) >= 11 is 7.62. The monoisotopic (exact) mass is 405 g/mol. The summed E-state index contributed by atoms with van der Waals surface area (Å²) < 4.78 is 18.8. The van der Waals surface area contributed by atoms with Crippen molar-refractivity contribution in [2.45, 2.75) is 32.1 Å². The highest BCUT2D eigenvalue weighted by atomic mass is 35.5. The van der Waals surface area contributed by atoms with Crippen molar-refractivity contribution >= 4 is 44.7 Å². The Hall–Kier alpha value is -2.25. The molecular formula is C19H17ClFN3O2S. The highest BCUT2D eigenvalue weighted by Crippen LogP contribution is 2.38. The molecule has 0 saturated heterocycles. The lowest BCUT2D eigenvalue weighted by Gasteiger charge is -2.09. The third kappa shape index (κ3) is 3.89. The van der Waals surface area contributed by atoms with Gasteiger partial charge >= 0.3 is 0 Å². The van der Waals surface area contributed by atoms with Crippen LogP contribution < -0.4 is 10.1 Å². The molecule has 27 heavy (non-hydrogen) atoms. The van der Waals surface area contributed by atoms with Crippen LogP contribution in [0.3, 0.4) is 0 Å². The molecule has 0 unspecified atom stereocenters. The van der Waals surface area contributed by atoms with Crippen molar-refractivity contribution in [3.8, 4) is 5.88 Å². The summed E-state index contributed by atoms with van der Waals surface area (Å²) in [4.78, 5) is 23.1. The first-order valence-electron chi connectivity index (χ1n) is 8.75. The number of fused-ring (bicyclic) bond motifs is 3. The number of aromatic nitrogens is 2. The van der Waals surface area contributed by atoms with Gasteiger partial charge in [0.1, 0.15) is 17.0 Å². The molecule has 0 spiro atoms. The summed E-state index contributed by atoms with van der Waals surface area (Å²) in [5.74, 6) is -0.424. The van der Waals surface area contributed by atoms with Gasteiger partial charge in [-0.1, -0.05) is 18.0 Å². The van der Waals surface area contributed by atoms with E-state index >= 15 is 0 Å². The second kappa shape index (κ2) is 7.78. The molecular weight excluding hydrogens is 389 g/mol. The first kappa shape index (κ1) is 18.1. The van der Waals surface area contributed by atoms with Crippen LogP contribution in [0.4, 0.5) is 10.1 Å². The van der Waals surface area contributed by atoms with E-state index in [1.54, 1.807) is 11.3 Å². The number of nitrogens with one attached hydrogen (secondary N) is 1. The van der Waals surface area contributed by atoms with E-state index < -0.39 is 11.7 Å². The number of benzene rings is 1. The van der Waals surface area contributed by atoms with E-state index in [9.17, 15) is 9.18 Å². The van der Waals surface area contributed by atoms with Crippen LogP contribution in [-0.4, -0.2) is 22.5 Å². The van der Waals surface area contributed by atoms with Crippen molar-refractivity contribution < 1.29 is 13.9 Å². The molecule has 0 atom stereocenters. The molecule has 0 radical (unpaired) electrons. The molecule has 5 nitrogen and oxygen atoms in total. The predicted molar refractivity (Wildman–Crippen MR) is 104 cm³/mol. The molecule has 1 aliphatic carbocycles. The molecule has 1 amide bonds. The van der Waals surface area contributed by atoms with Crippen molar-refractivity contribution in [2.75, 3.05) is 11.9 Å². The van der Waals surface area contributed by atoms with Crippen LogP contribution in [0.2, 0.25) is 5.02 Å². The number of thiophene rings is 1. The third-order valence-electron chi connectivity index (χ3n) is 4.51. The minimum atomic E-state index is -0.462. The molecule has 1 aromatic carbocycles. The van der Waals surface area contributed by atoms with Crippen LogP contribution in [0.1, 0.15) is 29.7 Å².